The molecule has 3 N–H and O–H groups in total. The van der Waals surface area contributed by atoms with Gasteiger partial charge in [0.1, 0.15) is 11.6 Å². The van der Waals surface area contributed by atoms with Gasteiger partial charge in [-0.25, -0.2) is 4.79 Å². The number of amides is 1. The highest BCUT2D eigenvalue weighted by atomic mass is 16.6. The number of carbonyl (C=O) groups is 1. The van der Waals surface area contributed by atoms with Crippen LogP contribution in [0.5, 0.6) is 40.4 Å². The number of hydrogen-bond donors (Lipinski definition) is 2. The summed E-state index contributed by atoms with van der Waals surface area (Å²) in [5.74, 6) is 1.02. The number of benzene rings is 2. The minimum absolute atomic E-state index is 0.0880. The Morgan fingerprint density at radius 1 is 0.953 bits per heavy atom. The fourth-order valence-electron chi connectivity index (χ4n) is 5.09. The van der Waals surface area contributed by atoms with E-state index >= 15 is 0 Å². The van der Waals surface area contributed by atoms with Crippen LogP contribution < -0.4 is 38.9 Å². The van der Waals surface area contributed by atoms with Crippen molar-refractivity contribution in [3.8, 4) is 57.7 Å². The minimum Gasteiger partial charge on any atom is -0.493 e. The van der Waals surface area contributed by atoms with E-state index in [0.29, 0.717) is 65.9 Å². The number of ether oxygens (including phenoxy) is 8. The van der Waals surface area contributed by atoms with Crippen molar-refractivity contribution in [3.05, 3.63) is 46.8 Å². The van der Waals surface area contributed by atoms with E-state index in [1.807, 2.05) is 0 Å². The van der Waals surface area contributed by atoms with Crippen LogP contribution in [0.1, 0.15) is 17.0 Å². The van der Waals surface area contributed by atoms with Gasteiger partial charge < -0.3 is 48.5 Å². The highest BCUT2D eigenvalue weighted by molar-refractivity contribution is 5.77. The largest absolute Gasteiger partial charge is 0.493 e. The maximum Gasteiger partial charge on any atom is 0.415 e. The molecule has 2 aliphatic heterocycles. The molecule has 226 valence electrons. The molecule has 1 unspecified atom stereocenters. The third kappa shape index (κ3) is 5.26. The lowest BCUT2D eigenvalue weighted by Gasteiger charge is -2.27. The van der Waals surface area contributed by atoms with Gasteiger partial charge in [-0.1, -0.05) is 0 Å². The summed E-state index contributed by atoms with van der Waals surface area (Å²) in [5.41, 5.74) is 8.52. The van der Waals surface area contributed by atoms with Crippen molar-refractivity contribution < 1.29 is 42.7 Å². The number of morpholine rings is 1. The first kappa shape index (κ1) is 29.2. The zero-order valence-electron chi connectivity index (χ0n) is 24.3. The Balaban J connectivity index is 1.65. The first-order valence-electron chi connectivity index (χ1n) is 13.2. The van der Waals surface area contributed by atoms with Crippen molar-refractivity contribution in [2.45, 2.75) is 5.92 Å². The Morgan fingerprint density at radius 2 is 1.53 bits per heavy atom. The summed E-state index contributed by atoms with van der Waals surface area (Å²) in [6.45, 7) is 1.62. The third-order valence-corrected chi connectivity index (χ3v) is 7.17. The predicted octanol–water partition coefficient (Wildman–Crippen LogP) is 3.17. The number of methoxy groups -OCH3 is 5. The van der Waals surface area contributed by atoms with Crippen LogP contribution in [-0.4, -0.2) is 83.0 Å². The number of carbonyl (C=O) groups excluding carboxylic acids is 1. The number of aromatic amines is 1. The van der Waals surface area contributed by atoms with Crippen molar-refractivity contribution in [1.82, 2.24) is 15.1 Å². The standard InChI is InChI=1S/C29H31N5O9/c1-36-18-12-16(13-19(37-2)25(18)40-5)24-23-22(17(14-30)27(31)43-28(23)33-32-24)15-10-20(38-3)26(21(11-15)39-4)42-29(35)34-6-8-41-9-7-34/h10-13,22H,6-9,31H2,1-5H3,(H,32,33). The van der Waals surface area contributed by atoms with E-state index in [1.165, 1.54) is 40.4 Å². The molecule has 1 saturated heterocycles. The fourth-order valence-corrected chi connectivity index (χ4v) is 5.09. The molecule has 0 spiro atoms. The van der Waals surface area contributed by atoms with E-state index in [2.05, 4.69) is 16.3 Å². The van der Waals surface area contributed by atoms with Crippen molar-refractivity contribution in [2.24, 2.45) is 5.73 Å². The van der Waals surface area contributed by atoms with Gasteiger partial charge in [0, 0.05) is 18.7 Å². The highest BCUT2D eigenvalue weighted by Gasteiger charge is 2.37. The van der Waals surface area contributed by atoms with Gasteiger partial charge >= 0.3 is 6.09 Å². The average molecular weight is 594 g/mol. The zero-order chi connectivity index (χ0) is 30.7. The van der Waals surface area contributed by atoms with Gasteiger partial charge in [0.15, 0.2) is 23.0 Å². The maximum atomic E-state index is 12.9. The zero-order valence-corrected chi connectivity index (χ0v) is 24.3. The number of aromatic nitrogens is 2. The first-order valence-corrected chi connectivity index (χ1v) is 13.2. The van der Waals surface area contributed by atoms with Crippen molar-refractivity contribution in [3.63, 3.8) is 0 Å². The molecule has 1 aromatic heterocycles. The van der Waals surface area contributed by atoms with Gasteiger partial charge in [-0.3, -0.25) is 5.10 Å². The second-order valence-electron chi connectivity index (χ2n) is 9.38. The molecule has 5 rings (SSSR count). The van der Waals surface area contributed by atoms with E-state index in [1.54, 1.807) is 24.3 Å². The van der Waals surface area contributed by atoms with Gasteiger partial charge in [-0.2, -0.15) is 5.26 Å². The number of nitriles is 1. The predicted molar refractivity (Wildman–Crippen MR) is 151 cm³/mol. The van der Waals surface area contributed by atoms with Gasteiger partial charge in [0.25, 0.3) is 0 Å². The minimum atomic E-state index is -0.784. The summed E-state index contributed by atoms with van der Waals surface area (Å²) >= 11 is 0. The summed E-state index contributed by atoms with van der Waals surface area (Å²) in [6.07, 6.45) is -0.567. The molecule has 1 atom stereocenters. The first-order chi connectivity index (χ1) is 20.9. The Kier molecular flexibility index (Phi) is 8.35. The molecule has 0 aliphatic carbocycles. The Labute approximate surface area is 247 Å². The molecule has 1 amide bonds. The quantitative estimate of drug-likeness (QED) is 0.391. The molecule has 2 aliphatic rings. The van der Waals surface area contributed by atoms with E-state index in [-0.39, 0.29) is 34.6 Å². The van der Waals surface area contributed by atoms with Crippen LogP contribution in [0.3, 0.4) is 0 Å². The number of nitrogens with one attached hydrogen (secondary N) is 1. The molecule has 2 aromatic carbocycles. The topological polar surface area (TPSA) is 173 Å². The molecule has 0 radical (unpaired) electrons. The maximum absolute atomic E-state index is 12.9. The average Bonchev–Trinajstić information content (AvgIpc) is 3.46. The molecule has 14 nitrogen and oxygen atoms in total. The lowest BCUT2D eigenvalue weighted by Crippen LogP contribution is -2.42. The van der Waals surface area contributed by atoms with Gasteiger partial charge in [0.2, 0.25) is 23.3 Å². The van der Waals surface area contributed by atoms with Crippen LogP contribution in [-0.2, 0) is 4.74 Å². The molecule has 1 fully saturated rings. The molecule has 3 aromatic rings. The van der Waals surface area contributed by atoms with Crippen LogP contribution in [0, 0.1) is 11.3 Å². The Morgan fingerprint density at radius 3 is 2.07 bits per heavy atom. The Bertz CT molecular complexity index is 1550. The summed E-state index contributed by atoms with van der Waals surface area (Å²) in [5, 5.41) is 17.6. The van der Waals surface area contributed by atoms with Crippen LogP contribution in [0.25, 0.3) is 11.3 Å². The SMILES string of the molecule is COc1cc(-c2[nH]nc3c2C(c2cc(OC)c(OC(=O)N4CCOCC4)c(OC)c2)C(C#N)=C(N)O3)cc(OC)c1OC. The second-order valence-corrected chi connectivity index (χ2v) is 9.38. The van der Waals surface area contributed by atoms with Gasteiger partial charge in [-0.05, 0) is 29.8 Å². The Hall–Kier alpha value is -5.29. The number of nitrogens with two attached hydrogens (primary N) is 1. The number of H-pyrrole nitrogens is 1. The molecule has 14 heteroatoms. The van der Waals surface area contributed by atoms with Crippen molar-refractivity contribution >= 4 is 6.09 Å². The summed E-state index contributed by atoms with van der Waals surface area (Å²) < 4.78 is 44.7. The highest BCUT2D eigenvalue weighted by Crippen LogP contribution is 2.50. The van der Waals surface area contributed by atoms with E-state index in [9.17, 15) is 10.1 Å². The van der Waals surface area contributed by atoms with E-state index in [4.69, 9.17) is 43.6 Å². The molecular formula is C29H31N5O9. The van der Waals surface area contributed by atoms with Crippen LogP contribution in [0.2, 0.25) is 0 Å². The van der Waals surface area contributed by atoms with Gasteiger partial charge in [-0.15, -0.1) is 5.10 Å². The molecule has 3 heterocycles. The number of nitrogens with zero attached hydrogens (tertiary/aromatic N) is 3. The third-order valence-electron chi connectivity index (χ3n) is 7.17. The molecular weight excluding hydrogens is 562 g/mol. The second kappa shape index (κ2) is 12.3. The van der Waals surface area contributed by atoms with E-state index < -0.39 is 12.0 Å². The smallest absolute Gasteiger partial charge is 0.415 e. The van der Waals surface area contributed by atoms with Crippen LogP contribution >= 0.6 is 0 Å². The normalized spacial score (nSPS) is 16.0. The number of allylic oxidation sites excluding steroid dienone is 1. The monoisotopic (exact) mass is 593 g/mol. The summed E-state index contributed by atoms with van der Waals surface area (Å²) in [4.78, 5) is 14.5. The number of hydrogen-bond acceptors (Lipinski definition) is 12. The molecule has 0 bridgehead atoms. The van der Waals surface area contributed by atoms with Crippen LogP contribution in [0.15, 0.2) is 35.7 Å². The van der Waals surface area contributed by atoms with Crippen LogP contribution in [0.4, 0.5) is 4.79 Å². The van der Waals surface area contributed by atoms with E-state index in [0.717, 1.165) is 0 Å². The summed E-state index contributed by atoms with van der Waals surface area (Å²) in [6, 6.07) is 8.97. The van der Waals surface area contributed by atoms with Gasteiger partial charge in [0.05, 0.1) is 65.9 Å². The lowest BCUT2D eigenvalue weighted by molar-refractivity contribution is 0.0411. The van der Waals surface area contributed by atoms with Crippen molar-refractivity contribution in [2.75, 3.05) is 61.9 Å². The molecule has 43 heavy (non-hydrogen) atoms. The fraction of sp³-hybridized carbons (Fsp3) is 0.345. The lowest BCUT2D eigenvalue weighted by atomic mass is 9.82. The summed E-state index contributed by atoms with van der Waals surface area (Å²) in [7, 11) is 7.41. The number of rotatable bonds is 8. The van der Waals surface area contributed by atoms with Crippen molar-refractivity contribution in [1.29, 1.82) is 5.26 Å². The number of fused-ring (bicyclic) bond motifs is 1. The molecule has 0 saturated carbocycles.